The number of aliphatic hydroxyl groups excluding tert-OH is 1. The van der Waals surface area contributed by atoms with E-state index in [9.17, 15) is 32.7 Å². The van der Waals surface area contributed by atoms with E-state index >= 15 is 0 Å². The van der Waals surface area contributed by atoms with E-state index in [1.165, 1.54) is 41.5 Å². The van der Waals surface area contributed by atoms with Crippen molar-refractivity contribution >= 4 is 34.6 Å². The predicted molar refractivity (Wildman–Crippen MR) is 149 cm³/mol. The summed E-state index contributed by atoms with van der Waals surface area (Å²) in [5, 5.41) is 13.3. The van der Waals surface area contributed by atoms with Crippen LogP contribution in [0.4, 0.5) is 19.0 Å². The number of ketones is 1. The number of amides is 1. The zero-order valence-corrected chi connectivity index (χ0v) is 23.3. The van der Waals surface area contributed by atoms with Crippen molar-refractivity contribution in [2.45, 2.75) is 43.2 Å². The number of benzene rings is 2. The van der Waals surface area contributed by atoms with Crippen LogP contribution in [-0.2, 0) is 19.0 Å². The molecule has 13 nitrogen and oxygen atoms in total. The van der Waals surface area contributed by atoms with Crippen LogP contribution in [0.15, 0.2) is 73.3 Å². The fourth-order valence-electron chi connectivity index (χ4n) is 4.77. The van der Waals surface area contributed by atoms with Gasteiger partial charge in [-0.3, -0.25) is 14.2 Å². The molecular weight excluding hydrogens is 601 g/mol. The number of hydrogen-bond donors (Lipinski definition) is 3. The van der Waals surface area contributed by atoms with E-state index < -0.39 is 54.5 Å². The van der Waals surface area contributed by atoms with Crippen molar-refractivity contribution in [2.24, 2.45) is 0 Å². The third-order valence-corrected chi connectivity index (χ3v) is 6.95. The highest BCUT2D eigenvalue weighted by atomic mass is 19.4. The molecule has 16 heteroatoms. The van der Waals surface area contributed by atoms with E-state index in [-0.39, 0.29) is 47.7 Å². The van der Waals surface area contributed by atoms with Gasteiger partial charge in [0.25, 0.3) is 0 Å². The normalized spacial score (nSPS) is 20.5. The maximum Gasteiger partial charge on any atom is 0.471 e. The third kappa shape index (κ3) is 6.92. The number of alkyl halides is 3. The van der Waals surface area contributed by atoms with Crippen LogP contribution >= 0.6 is 0 Å². The quantitative estimate of drug-likeness (QED) is 0.126. The van der Waals surface area contributed by atoms with Gasteiger partial charge in [0.15, 0.2) is 23.8 Å². The summed E-state index contributed by atoms with van der Waals surface area (Å²) in [6.45, 7) is -0.616. The number of fused-ring (bicyclic) bond motifs is 1. The molecule has 4 aromatic rings. The van der Waals surface area contributed by atoms with Crippen LogP contribution in [-0.4, -0.2) is 86.0 Å². The smallest absolute Gasteiger partial charge is 0.447 e. The van der Waals surface area contributed by atoms with Gasteiger partial charge in [-0.2, -0.15) is 13.2 Å². The summed E-state index contributed by atoms with van der Waals surface area (Å²) in [5.41, 5.74) is 6.65. The molecule has 236 valence electrons. The van der Waals surface area contributed by atoms with E-state index in [2.05, 4.69) is 15.0 Å². The van der Waals surface area contributed by atoms with Gasteiger partial charge in [0.05, 0.1) is 11.9 Å². The molecule has 1 amide bonds. The molecule has 5 rings (SSSR count). The Kier molecular flexibility index (Phi) is 9.36. The van der Waals surface area contributed by atoms with Crippen LogP contribution in [0.1, 0.15) is 33.4 Å². The number of aliphatic hydroxyl groups is 1. The molecular formula is C29H27F3N6O7. The lowest BCUT2D eigenvalue weighted by molar-refractivity contribution is -0.173. The van der Waals surface area contributed by atoms with E-state index in [0.717, 1.165) is 0 Å². The van der Waals surface area contributed by atoms with Gasteiger partial charge in [-0.15, -0.1) is 0 Å². The van der Waals surface area contributed by atoms with Crippen molar-refractivity contribution in [3.8, 4) is 0 Å². The number of Topliss-reactive ketones (excluding diaryl/α,β-unsaturated/α-hetero) is 1. The summed E-state index contributed by atoms with van der Waals surface area (Å²) in [5.74, 6) is -3.56. The molecule has 3 heterocycles. The molecule has 1 aliphatic rings. The minimum atomic E-state index is -5.04. The van der Waals surface area contributed by atoms with Gasteiger partial charge < -0.3 is 30.4 Å². The number of aromatic nitrogens is 4. The van der Waals surface area contributed by atoms with Crippen LogP contribution in [0.2, 0.25) is 0 Å². The minimum absolute atomic E-state index is 0.0562. The number of rotatable bonds is 11. The fourth-order valence-corrected chi connectivity index (χ4v) is 4.77. The van der Waals surface area contributed by atoms with E-state index in [1.807, 2.05) is 0 Å². The molecule has 2 aromatic carbocycles. The molecule has 0 saturated carbocycles. The number of esters is 1. The minimum Gasteiger partial charge on any atom is -0.447 e. The van der Waals surface area contributed by atoms with Gasteiger partial charge in [-0.05, 0) is 18.6 Å². The average Bonchev–Trinajstić information content (AvgIpc) is 3.61. The number of nitrogens with two attached hydrogens (primary N) is 1. The Balaban J connectivity index is 1.44. The van der Waals surface area contributed by atoms with Crippen molar-refractivity contribution in [2.75, 3.05) is 18.9 Å². The summed E-state index contributed by atoms with van der Waals surface area (Å²) in [4.78, 5) is 50.3. The molecule has 2 aromatic heterocycles. The van der Waals surface area contributed by atoms with Crippen LogP contribution in [0.5, 0.6) is 0 Å². The number of nitrogens with zero attached hydrogens (tertiary/aromatic N) is 4. The summed E-state index contributed by atoms with van der Waals surface area (Å²) in [6, 6.07) is 15.8. The molecule has 0 bridgehead atoms. The maximum absolute atomic E-state index is 13.7. The lowest BCUT2D eigenvalue weighted by atomic mass is 9.97. The highest BCUT2D eigenvalue weighted by Crippen LogP contribution is 2.37. The molecule has 1 aliphatic heterocycles. The number of hydrogen-bond acceptors (Lipinski definition) is 11. The Bertz CT molecular complexity index is 1650. The lowest BCUT2D eigenvalue weighted by Crippen LogP contribution is -2.46. The van der Waals surface area contributed by atoms with E-state index in [4.69, 9.17) is 19.9 Å². The molecule has 0 radical (unpaired) electrons. The lowest BCUT2D eigenvalue weighted by Gasteiger charge is -2.25. The van der Waals surface area contributed by atoms with Gasteiger partial charge in [-0.1, -0.05) is 48.5 Å². The maximum atomic E-state index is 13.7. The Labute approximate surface area is 253 Å². The molecule has 1 unspecified atom stereocenters. The van der Waals surface area contributed by atoms with E-state index in [1.54, 1.807) is 41.7 Å². The standard InChI is InChI=1S/C29H27F3N6O7/c30-29(31,32)28(42)34-12-7-13-43-23-20(40)22(44-26(23)38-15-37-18-24(33)35-14-36-25(18)38)21(19(39)16-8-3-1-4-9-16)45-27(41)17-10-5-2-6-11-17/h1-6,8-11,14-15,20-23,26,40H,7,12-13H2,(H,34,42)(H2,33,35,36)/t20-,21?,22+,23-,26-/m1/s1. The Morgan fingerprint density at radius 1 is 1.02 bits per heavy atom. The monoisotopic (exact) mass is 628 g/mol. The van der Waals surface area contributed by atoms with Gasteiger partial charge in [0.2, 0.25) is 5.78 Å². The average molecular weight is 629 g/mol. The number of halogens is 3. The SMILES string of the molecule is Nc1ncnc2c1ncn2[C@@H]1O[C@H](C(OC(=O)c2ccccc2)C(=O)c2ccccc2)[C@@H](O)[C@H]1OCCCNC(=O)C(F)(F)F. The zero-order valence-electron chi connectivity index (χ0n) is 23.3. The van der Waals surface area contributed by atoms with Crippen molar-refractivity contribution < 1.29 is 46.9 Å². The third-order valence-electron chi connectivity index (χ3n) is 6.95. The summed E-state index contributed by atoms with van der Waals surface area (Å²) in [6.07, 6.45) is -9.89. The molecule has 0 spiro atoms. The molecule has 45 heavy (non-hydrogen) atoms. The van der Waals surface area contributed by atoms with Gasteiger partial charge in [-0.25, -0.2) is 19.7 Å². The fraction of sp³-hybridized carbons (Fsp3) is 0.310. The van der Waals surface area contributed by atoms with Crippen molar-refractivity contribution in [3.05, 3.63) is 84.4 Å². The predicted octanol–water partition coefficient (Wildman–Crippen LogP) is 2.23. The van der Waals surface area contributed by atoms with Crippen molar-refractivity contribution in [1.82, 2.24) is 24.8 Å². The van der Waals surface area contributed by atoms with Crippen LogP contribution in [0, 0.1) is 0 Å². The van der Waals surface area contributed by atoms with Crippen molar-refractivity contribution in [1.29, 1.82) is 0 Å². The topological polar surface area (TPSA) is 181 Å². The molecule has 5 atom stereocenters. The Morgan fingerprint density at radius 3 is 2.36 bits per heavy atom. The first-order valence-corrected chi connectivity index (χ1v) is 13.6. The van der Waals surface area contributed by atoms with E-state index in [0.29, 0.717) is 0 Å². The summed E-state index contributed by atoms with van der Waals surface area (Å²) >= 11 is 0. The largest absolute Gasteiger partial charge is 0.471 e. The Hall–Kier alpha value is -4.93. The number of nitrogens with one attached hydrogen (secondary N) is 1. The first-order valence-electron chi connectivity index (χ1n) is 13.6. The van der Waals surface area contributed by atoms with Gasteiger partial charge >= 0.3 is 18.1 Å². The van der Waals surface area contributed by atoms with Crippen LogP contribution in [0.25, 0.3) is 11.2 Å². The van der Waals surface area contributed by atoms with Gasteiger partial charge in [0.1, 0.15) is 30.2 Å². The second-order valence-electron chi connectivity index (χ2n) is 9.93. The number of imidazole rings is 1. The molecule has 0 aliphatic carbocycles. The van der Waals surface area contributed by atoms with Crippen LogP contribution < -0.4 is 11.1 Å². The number of anilines is 1. The van der Waals surface area contributed by atoms with Gasteiger partial charge in [0, 0.05) is 18.7 Å². The number of nitrogen functional groups attached to an aromatic ring is 1. The summed E-state index contributed by atoms with van der Waals surface area (Å²) < 4.78 is 56.7. The molecule has 1 saturated heterocycles. The highest BCUT2D eigenvalue weighted by molar-refractivity contribution is 6.02. The second kappa shape index (κ2) is 13.4. The highest BCUT2D eigenvalue weighted by Gasteiger charge is 2.52. The Morgan fingerprint density at radius 2 is 1.69 bits per heavy atom. The first-order chi connectivity index (χ1) is 21.6. The molecule has 4 N–H and O–H groups in total. The molecule has 1 fully saturated rings. The first kappa shape index (κ1) is 31.5. The zero-order chi connectivity index (χ0) is 32.1. The number of carbonyl (C=O) groups excluding carboxylic acids is 3. The van der Waals surface area contributed by atoms with Crippen LogP contribution in [0.3, 0.4) is 0 Å². The summed E-state index contributed by atoms with van der Waals surface area (Å²) in [7, 11) is 0. The number of ether oxygens (including phenoxy) is 3. The van der Waals surface area contributed by atoms with Crippen molar-refractivity contribution in [3.63, 3.8) is 0 Å². The number of carbonyl (C=O) groups is 3. The second-order valence-corrected chi connectivity index (χ2v) is 9.93.